The lowest BCUT2D eigenvalue weighted by atomic mass is 9.75. The SMILES string of the molecule is COCCOCCOCCOCC(C)(COCCOCCOCCOC)c1cc(C(C)(C)C)cc2c1[N]c1c-2cc(C(C)(C)C)cc1C(C)(COCCOCCOCCOC)COCCOCCOCCOC. The van der Waals surface area contributed by atoms with E-state index in [4.69, 9.17) is 81.1 Å². The summed E-state index contributed by atoms with van der Waals surface area (Å²) in [4.78, 5) is 0. The van der Waals surface area contributed by atoms with Crippen LogP contribution in [0.25, 0.3) is 11.1 Å². The number of methoxy groups -OCH3 is 4. The lowest BCUT2D eigenvalue weighted by molar-refractivity contribution is -0.0267. The van der Waals surface area contributed by atoms with Crippen LogP contribution in [0, 0.1) is 0 Å². The highest BCUT2D eigenvalue weighted by Gasteiger charge is 2.41. The highest BCUT2D eigenvalue weighted by atomic mass is 16.6. The van der Waals surface area contributed by atoms with Crippen molar-refractivity contribution in [2.24, 2.45) is 0 Å². The van der Waals surface area contributed by atoms with E-state index < -0.39 is 10.8 Å². The van der Waals surface area contributed by atoms with Crippen molar-refractivity contribution in [2.75, 3.05) is 213 Å². The Bertz CT molecular complexity index is 1560. The van der Waals surface area contributed by atoms with Gasteiger partial charge in [-0.15, -0.1) is 0 Å². The molecule has 0 aliphatic carbocycles. The van der Waals surface area contributed by atoms with Crippen LogP contribution in [0.5, 0.6) is 0 Å². The molecule has 0 fully saturated rings. The zero-order chi connectivity index (χ0) is 53.3. The first-order valence-electron chi connectivity index (χ1n) is 26.1. The maximum absolute atomic E-state index is 6.50. The zero-order valence-corrected chi connectivity index (χ0v) is 47.1. The van der Waals surface area contributed by atoms with Crippen LogP contribution < -0.4 is 5.32 Å². The van der Waals surface area contributed by atoms with E-state index in [1.807, 2.05) is 0 Å². The fourth-order valence-electron chi connectivity index (χ4n) is 7.73. The lowest BCUT2D eigenvalue weighted by Gasteiger charge is -2.34. The zero-order valence-electron chi connectivity index (χ0n) is 47.1. The van der Waals surface area contributed by atoms with Crippen LogP contribution in [0.3, 0.4) is 0 Å². The smallest absolute Gasteiger partial charge is 0.0755 e. The quantitative estimate of drug-likeness (QED) is 0.0525. The van der Waals surface area contributed by atoms with Crippen molar-refractivity contribution in [3.63, 3.8) is 0 Å². The number of benzene rings is 2. The van der Waals surface area contributed by atoms with Gasteiger partial charge in [0, 0.05) is 50.4 Å². The minimum Gasteiger partial charge on any atom is -0.382 e. The predicted molar refractivity (Wildman–Crippen MR) is 283 cm³/mol. The maximum Gasteiger partial charge on any atom is 0.0755 e. The van der Waals surface area contributed by atoms with Gasteiger partial charge in [0.2, 0.25) is 0 Å². The van der Waals surface area contributed by atoms with E-state index in [-0.39, 0.29) is 10.8 Å². The summed E-state index contributed by atoms with van der Waals surface area (Å²) in [5.74, 6) is 0. The molecule has 0 saturated carbocycles. The minimum absolute atomic E-state index is 0.190. The number of hydrogen-bond donors (Lipinski definition) is 0. The highest BCUT2D eigenvalue weighted by molar-refractivity contribution is 5.95. The molecule has 0 N–H and O–H groups in total. The number of nitrogens with zero attached hydrogens (tertiary/aromatic N) is 1. The van der Waals surface area contributed by atoms with Crippen LogP contribution in [0.15, 0.2) is 24.3 Å². The molecule has 2 aromatic rings. The van der Waals surface area contributed by atoms with Crippen LogP contribution >= 0.6 is 0 Å². The van der Waals surface area contributed by atoms with Gasteiger partial charge >= 0.3 is 0 Å². The van der Waals surface area contributed by atoms with Crippen molar-refractivity contribution in [3.05, 3.63) is 46.5 Å². The largest absolute Gasteiger partial charge is 0.382 e. The van der Waals surface area contributed by atoms with Gasteiger partial charge in [0.25, 0.3) is 0 Å². The van der Waals surface area contributed by atoms with Gasteiger partial charge in [-0.25, -0.2) is 5.32 Å². The Labute approximate surface area is 439 Å². The molecule has 0 atom stereocenters. The molecular formula is C56H96NO16. The van der Waals surface area contributed by atoms with E-state index in [0.717, 1.165) is 33.6 Å². The standard InChI is InChI=1S/C56H96NO16/c1-53(2,3)45-37-47-48-38-46(54(4,5)6)40-50(56(8,43-72-35-31-68-27-23-64-19-15-60-11)44-73-36-32-69-28-24-65-20-16-61-12)52(48)57-51(47)49(39-45)55(7,41-70-33-29-66-25-21-62-17-13-58-9)42-71-34-30-67-26-22-63-18-14-59-10/h37-40H,13-36,41-44H2,1-12H3. The molecule has 0 bridgehead atoms. The second-order valence-electron chi connectivity index (χ2n) is 20.7. The second-order valence-corrected chi connectivity index (χ2v) is 20.7. The summed E-state index contributed by atoms with van der Waals surface area (Å²) in [6.07, 6.45) is 0. The topological polar surface area (TPSA) is 162 Å². The third kappa shape index (κ3) is 24.6. The van der Waals surface area contributed by atoms with E-state index in [2.05, 4.69) is 79.7 Å². The van der Waals surface area contributed by atoms with Crippen LogP contribution in [-0.2, 0) is 97.4 Å². The molecule has 73 heavy (non-hydrogen) atoms. The van der Waals surface area contributed by atoms with E-state index in [0.29, 0.717) is 185 Å². The predicted octanol–water partition coefficient (Wildman–Crippen LogP) is 7.13. The molecule has 421 valence electrons. The fraction of sp³-hybridized carbons (Fsp3) is 0.786. The van der Waals surface area contributed by atoms with Crippen molar-refractivity contribution in [2.45, 2.75) is 77.0 Å². The first-order chi connectivity index (χ1) is 35.1. The number of fused-ring (bicyclic) bond motifs is 3. The summed E-state index contributed by atoms with van der Waals surface area (Å²) in [6.45, 7) is 30.8. The number of ether oxygens (including phenoxy) is 16. The van der Waals surface area contributed by atoms with Crippen molar-refractivity contribution in [1.29, 1.82) is 0 Å². The van der Waals surface area contributed by atoms with Gasteiger partial charge in [-0.3, -0.25) is 0 Å². The van der Waals surface area contributed by atoms with Crippen molar-refractivity contribution >= 4 is 11.4 Å². The molecule has 0 aromatic heterocycles. The van der Waals surface area contributed by atoms with E-state index >= 15 is 0 Å². The molecule has 0 saturated heterocycles. The molecule has 1 aliphatic rings. The summed E-state index contributed by atoms with van der Waals surface area (Å²) in [5, 5.41) is 5.68. The molecule has 3 rings (SSSR count). The van der Waals surface area contributed by atoms with Crippen LogP contribution in [0.1, 0.15) is 77.6 Å². The van der Waals surface area contributed by atoms with Gasteiger partial charge in [-0.2, -0.15) is 0 Å². The number of rotatable bonds is 46. The Morgan fingerprint density at radius 2 is 0.493 bits per heavy atom. The number of hydrogen-bond acceptors (Lipinski definition) is 16. The third-order valence-corrected chi connectivity index (χ3v) is 12.2. The molecule has 0 amide bonds. The average molecular weight is 1040 g/mol. The highest BCUT2D eigenvalue weighted by Crippen LogP contribution is 2.54. The van der Waals surface area contributed by atoms with Gasteiger partial charge in [-0.1, -0.05) is 67.5 Å². The van der Waals surface area contributed by atoms with Crippen LogP contribution in [0.2, 0.25) is 0 Å². The third-order valence-electron chi connectivity index (χ3n) is 12.2. The Balaban J connectivity index is 2.01. The fourth-order valence-corrected chi connectivity index (χ4v) is 7.73. The van der Waals surface area contributed by atoms with Crippen molar-refractivity contribution < 1.29 is 75.8 Å². The van der Waals surface area contributed by atoms with Crippen molar-refractivity contribution in [1.82, 2.24) is 5.32 Å². The van der Waals surface area contributed by atoms with Gasteiger partial charge < -0.3 is 75.8 Å². The molecule has 0 unspecified atom stereocenters. The Morgan fingerprint density at radius 1 is 0.288 bits per heavy atom. The van der Waals surface area contributed by atoms with E-state index in [1.165, 1.54) is 11.1 Å². The molecule has 2 aromatic carbocycles. The Morgan fingerprint density at radius 3 is 0.699 bits per heavy atom. The van der Waals surface area contributed by atoms with Gasteiger partial charge in [0.15, 0.2) is 0 Å². The normalized spacial score (nSPS) is 13.0. The summed E-state index contributed by atoms with van der Waals surface area (Å²) in [6, 6.07) is 9.27. The summed E-state index contributed by atoms with van der Waals surface area (Å²) in [7, 11) is 6.63. The second kappa shape index (κ2) is 36.6. The van der Waals surface area contributed by atoms with E-state index in [1.54, 1.807) is 28.4 Å². The van der Waals surface area contributed by atoms with E-state index in [9.17, 15) is 0 Å². The first-order valence-corrected chi connectivity index (χ1v) is 26.1. The molecule has 1 aliphatic heterocycles. The van der Waals surface area contributed by atoms with Gasteiger partial charge in [0.1, 0.15) is 0 Å². The first kappa shape index (κ1) is 64.9. The summed E-state index contributed by atoms with van der Waals surface area (Å²) >= 11 is 0. The average Bonchev–Trinajstić information content (AvgIpc) is 3.74. The monoisotopic (exact) mass is 1040 g/mol. The van der Waals surface area contributed by atoms with Gasteiger partial charge in [0.05, 0.1) is 196 Å². The lowest BCUT2D eigenvalue weighted by Crippen LogP contribution is -2.36. The Kier molecular flexibility index (Phi) is 32.5. The maximum atomic E-state index is 6.50. The van der Waals surface area contributed by atoms with Crippen LogP contribution in [-0.4, -0.2) is 213 Å². The molecule has 1 heterocycles. The Hall–Kier alpha value is -2.40. The molecular weight excluding hydrogens is 943 g/mol. The molecule has 17 nitrogen and oxygen atoms in total. The molecule has 0 spiro atoms. The van der Waals surface area contributed by atoms with Gasteiger partial charge in [-0.05, 0) is 45.2 Å². The minimum atomic E-state index is -0.629. The molecule has 1 radical (unpaired) electrons. The summed E-state index contributed by atoms with van der Waals surface area (Å²) in [5.41, 5.74) is 6.82. The summed E-state index contributed by atoms with van der Waals surface area (Å²) < 4.78 is 92.2. The van der Waals surface area contributed by atoms with Crippen molar-refractivity contribution in [3.8, 4) is 11.1 Å². The van der Waals surface area contributed by atoms with Crippen LogP contribution in [0.4, 0.5) is 11.4 Å². The molecule has 17 heteroatoms.